The van der Waals surface area contributed by atoms with Gasteiger partial charge < -0.3 is 10.5 Å². The molecule has 1 heterocycles. The van der Waals surface area contributed by atoms with Crippen LogP contribution in [0.2, 0.25) is 0 Å². The standard InChI is InChI=1S/C17H21NO/c18-17(15-7-9-19-10-8-15)12-13-5-6-14-3-1-2-4-16(14)11-13/h1-6,11,15,17H,7-10,12,18H2. The van der Waals surface area contributed by atoms with Gasteiger partial charge in [-0.3, -0.25) is 0 Å². The van der Waals surface area contributed by atoms with Crippen molar-refractivity contribution in [3.63, 3.8) is 0 Å². The van der Waals surface area contributed by atoms with Gasteiger partial charge in [-0.1, -0.05) is 42.5 Å². The average molecular weight is 255 g/mol. The maximum Gasteiger partial charge on any atom is 0.0469 e. The number of hydrogen-bond donors (Lipinski definition) is 1. The lowest BCUT2D eigenvalue weighted by Crippen LogP contribution is -2.36. The zero-order chi connectivity index (χ0) is 13.1. The van der Waals surface area contributed by atoms with E-state index < -0.39 is 0 Å². The van der Waals surface area contributed by atoms with E-state index in [1.54, 1.807) is 0 Å². The Morgan fingerprint density at radius 3 is 2.58 bits per heavy atom. The van der Waals surface area contributed by atoms with Gasteiger partial charge in [-0.25, -0.2) is 0 Å². The number of nitrogens with two attached hydrogens (primary N) is 1. The van der Waals surface area contributed by atoms with Crippen LogP contribution in [0.4, 0.5) is 0 Å². The Morgan fingerprint density at radius 2 is 1.79 bits per heavy atom. The fourth-order valence-corrected chi connectivity index (χ4v) is 2.95. The van der Waals surface area contributed by atoms with Crippen molar-refractivity contribution in [2.24, 2.45) is 11.7 Å². The van der Waals surface area contributed by atoms with Crippen LogP contribution in [0.3, 0.4) is 0 Å². The third kappa shape index (κ3) is 2.96. The molecule has 1 fully saturated rings. The number of benzene rings is 2. The van der Waals surface area contributed by atoms with Crippen LogP contribution in [0.15, 0.2) is 42.5 Å². The molecular weight excluding hydrogens is 234 g/mol. The minimum absolute atomic E-state index is 0.255. The van der Waals surface area contributed by atoms with Gasteiger partial charge in [0.15, 0.2) is 0 Å². The van der Waals surface area contributed by atoms with E-state index in [1.165, 1.54) is 16.3 Å². The monoisotopic (exact) mass is 255 g/mol. The summed E-state index contributed by atoms with van der Waals surface area (Å²) in [6, 6.07) is 15.4. The fourth-order valence-electron chi connectivity index (χ4n) is 2.95. The summed E-state index contributed by atoms with van der Waals surface area (Å²) in [7, 11) is 0. The summed E-state index contributed by atoms with van der Waals surface area (Å²) in [5.74, 6) is 0.611. The van der Waals surface area contributed by atoms with Gasteiger partial charge in [-0.2, -0.15) is 0 Å². The van der Waals surface area contributed by atoms with Gasteiger partial charge in [-0.05, 0) is 41.5 Å². The Balaban J connectivity index is 1.73. The minimum atomic E-state index is 0.255. The predicted octanol–water partition coefficient (Wildman–Crippen LogP) is 3.14. The first-order chi connectivity index (χ1) is 9.33. The van der Waals surface area contributed by atoms with Gasteiger partial charge in [-0.15, -0.1) is 0 Å². The molecule has 1 aliphatic rings. The van der Waals surface area contributed by atoms with E-state index in [0.717, 1.165) is 32.5 Å². The molecule has 2 nitrogen and oxygen atoms in total. The topological polar surface area (TPSA) is 35.2 Å². The summed E-state index contributed by atoms with van der Waals surface area (Å²) in [6.45, 7) is 1.74. The molecule has 100 valence electrons. The normalized spacial score (nSPS) is 18.6. The first kappa shape index (κ1) is 12.6. The van der Waals surface area contributed by atoms with Gasteiger partial charge in [0.1, 0.15) is 0 Å². The lowest BCUT2D eigenvalue weighted by molar-refractivity contribution is 0.0585. The molecule has 2 N–H and O–H groups in total. The van der Waals surface area contributed by atoms with Crippen molar-refractivity contribution in [1.82, 2.24) is 0 Å². The van der Waals surface area contributed by atoms with E-state index >= 15 is 0 Å². The first-order valence-corrected chi connectivity index (χ1v) is 7.14. The molecule has 0 aromatic heterocycles. The lowest BCUT2D eigenvalue weighted by atomic mass is 9.88. The van der Waals surface area contributed by atoms with Gasteiger partial charge in [0, 0.05) is 19.3 Å². The quantitative estimate of drug-likeness (QED) is 0.914. The van der Waals surface area contributed by atoms with Crippen LogP contribution in [0.1, 0.15) is 18.4 Å². The second-order valence-electron chi connectivity index (χ2n) is 5.50. The highest BCUT2D eigenvalue weighted by Crippen LogP contribution is 2.22. The number of fused-ring (bicyclic) bond motifs is 1. The van der Waals surface area contributed by atoms with Crippen LogP contribution in [0, 0.1) is 5.92 Å². The summed E-state index contributed by atoms with van der Waals surface area (Å²) in [4.78, 5) is 0. The predicted molar refractivity (Wildman–Crippen MR) is 79.2 cm³/mol. The molecule has 1 aliphatic heterocycles. The summed E-state index contributed by atoms with van der Waals surface area (Å²) in [5, 5.41) is 2.60. The second-order valence-corrected chi connectivity index (χ2v) is 5.50. The van der Waals surface area contributed by atoms with Crippen molar-refractivity contribution in [3.8, 4) is 0 Å². The number of hydrogen-bond acceptors (Lipinski definition) is 2. The van der Waals surface area contributed by atoms with E-state index in [0.29, 0.717) is 5.92 Å². The highest BCUT2D eigenvalue weighted by Gasteiger charge is 2.21. The van der Waals surface area contributed by atoms with E-state index in [1.807, 2.05) is 0 Å². The van der Waals surface area contributed by atoms with Crippen LogP contribution in [-0.4, -0.2) is 19.3 Å². The summed E-state index contributed by atoms with van der Waals surface area (Å²) in [6.07, 6.45) is 3.18. The molecule has 0 spiro atoms. The SMILES string of the molecule is NC(Cc1ccc2ccccc2c1)C1CCOCC1. The summed E-state index contributed by atoms with van der Waals surface area (Å²) < 4.78 is 5.40. The molecule has 2 aromatic rings. The molecule has 0 bridgehead atoms. The van der Waals surface area contributed by atoms with Crippen LogP contribution < -0.4 is 5.73 Å². The first-order valence-electron chi connectivity index (χ1n) is 7.14. The van der Waals surface area contributed by atoms with E-state index in [2.05, 4.69) is 42.5 Å². The largest absolute Gasteiger partial charge is 0.381 e. The maximum atomic E-state index is 6.37. The number of ether oxygens (including phenoxy) is 1. The van der Waals surface area contributed by atoms with Gasteiger partial charge >= 0.3 is 0 Å². The molecule has 2 aromatic carbocycles. The Morgan fingerprint density at radius 1 is 1.05 bits per heavy atom. The van der Waals surface area contributed by atoms with Gasteiger partial charge in [0.2, 0.25) is 0 Å². The molecule has 0 aliphatic carbocycles. The zero-order valence-electron chi connectivity index (χ0n) is 11.2. The van der Waals surface area contributed by atoms with Crippen LogP contribution in [0.25, 0.3) is 10.8 Å². The van der Waals surface area contributed by atoms with E-state index in [-0.39, 0.29) is 6.04 Å². The molecule has 0 saturated carbocycles. The Labute approximate surface area is 114 Å². The highest BCUT2D eigenvalue weighted by molar-refractivity contribution is 5.82. The third-order valence-corrected chi connectivity index (χ3v) is 4.16. The van der Waals surface area contributed by atoms with Crippen LogP contribution in [-0.2, 0) is 11.2 Å². The summed E-state index contributed by atoms with van der Waals surface area (Å²) in [5.41, 5.74) is 7.71. The van der Waals surface area contributed by atoms with E-state index in [9.17, 15) is 0 Å². The fraction of sp³-hybridized carbons (Fsp3) is 0.412. The van der Waals surface area contributed by atoms with Crippen molar-refractivity contribution in [2.75, 3.05) is 13.2 Å². The van der Waals surface area contributed by atoms with Crippen LogP contribution in [0.5, 0.6) is 0 Å². The van der Waals surface area contributed by atoms with Crippen molar-refractivity contribution in [3.05, 3.63) is 48.0 Å². The maximum absolute atomic E-state index is 6.37. The Kier molecular flexibility index (Phi) is 3.81. The molecular formula is C17H21NO. The minimum Gasteiger partial charge on any atom is -0.381 e. The van der Waals surface area contributed by atoms with Crippen molar-refractivity contribution in [2.45, 2.75) is 25.3 Å². The highest BCUT2D eigenvalue weighted by atomic mass is 16.5. The van der Waals surface area contributed by atoms with Crippen molar-refractivity contribution >= 4 is 10.8 Å². The molecule has 0 amide bonds. The second kappa shape index (κ2) is 5.72. The third-order valence-electron chi connectivity index (χ3n) is 4.16. The number of rotatable bonds is 3. The smallest absolute Gasteiger partial charge is 0.0469 e. The van der Waals surface area contributed by atoms with Gasteiger partial charge in [0.05, 0.1) is 0 Å². The van der Waals surface area contributed by atoms with Gasteiger partial charge in [0.25, 0.3) is 0 Å². The molecule has 1 unspecified atom stereocenters. The lowest BCUT2D eigenvalue weighted by Gasteiger charge is -2.27. The Hall–Kier alpha value is -1.38. The van der Waals surface area contributed by atoms with Crippen molar-refractivity contribution in [1.29, 1.82) is 0 Å². The van der Waals surface area contributed by atoms with E-state index in [4.69, 9.17) is 10.5 Å². The van der Waals surface area contributed by atoms with Crippen molar-refractivity contribution < 1.29 is 4.74 Å². The molecule has 19 heavy (non-hydrogen) atoms. The molecule has 1 saturated heterocycles. The molecule has 1 atom stereocenters. The molecule has 2 heteroatoms. The van der Waals surface area contributed by atoms with Crippen LogP contribution >= 0.6 is 0 Å². The zero-order valence-corrected chi connectivity index (χ0v) is 11.2. The summed E-state index contributed by atoms with van der Waals surface area (Å²) >= 11 is 0. The average Bonchev–Trinajstić information content (AvgIpc) is 2.48. The molecule has 3 rings (SSSR count). The molecule has 0 radical (unpaired) electrons. The Bertz CT molecular complexity index is 546.